The maximum atomic E-state index is 12.5. The van der Waals surface area contributed by atoms with Crippen molar-refractivity contribution >= 4 is 5.91 Å². The molecule has 2 rings (SSSR count). The topological polar surface area (TPSA) is 36.4 Å². The lowest BCUT2D eigenvalue weighted by molar-refractivity contribution is 0.0633. The molecule has 0 aliphatic carbocycles. The molecule has 4 nitrogen and oxygen atoms in total. The number of amides is 1. The number of pyridine rings is 1. The minimum Gasteiger partial charge on any atom is -0.337 e. The summed E-state index contributed by atoms with van der Waals surface area (Å²) in [5.41, 5.74) is 1.63. The lowest BCUT2D eigenvalue weighted by Gasteiger charge is -2.36. The van der Waals surface area contributed by atoms with Crippen molar-refractivity contribution in [3.05, 3.63) is 29.6 Å². The van der Waals surface area contributed by atoms with Crippen LogP contribution < -0.4 is 0 Å². The number of likely N-dealkylation sites (tertiary alicyclic amines) is 1. The van der Waals surface area contributed by atoms with Gasteiger partial charge in [-0.1, -0.05) is 19.9 Å². The Labute approximate surface area is 134 Å². The zero-order valence-electron chi connectivity index (χ0n) is 14.4. The smallest absolute Gasteiger partial charge is 0.272 e. The van der Waals surface area contributed by atoms with E-state index >= 15 is 0 Å². The second-order valence-electron chi connectivity index (χ2n) is 6.89. The van der Waals surface area contributed by atoms with E-state index in [9.17, 15) is 4.79 Å². The fourth-order valence-corrected chi connectivity index (χ4v) is 2.91. The zero-order chi connectivity index (χ0) is 16.1. The van der Waals surface area contributed by atoms with Crippen molar-refractivity contribution in [2.45, 2.75) is 46.1 Å². The van der Waals surface area contributed by atoms with Crippen LogP contribution in [0.15, 0.2) is 18.3 Å². The second-order valence-corrected chi connectivity index (χ2v) is 6.89. The molecule has 0 saturated carbocycles. The molecule has 0 spiro atoms. The molecule has 2 heterocycles. The first kappa shape index (κ1) is 16.9. The van der Waals surface area contributed by atoms with E-state index in [4.69, 9.17) is 0 Å². The molecule has 0 aromatic carbocycles. The molecule has 1 fully saturated rings. The predicted octanol–water partition coefficient (Wildman–Crippen LogP) is 2.97. The summed E-state index contributed by atoms with van der Waals surface area (Å²) in [6.07, 6.45) is 5.14. The van der Waals surface area contributed by atoms with E-state index in [1.165, 1.54) is 13.0 Å². The highest BCUT2D eigenvalue weighted by atomic mass is 16.2. The van der Waals surface area contributed by atoms with Crippen LogP contribution in [0.4, 0.5) is 0 Å². The normalized spacial score (nSPS) is 17.0. The Morgan fingerprint density at radius 2 is 2.05 bits per heavy atom. The van der Waals surface area contributed by atoms with Crippen LogP contribution in [0.2, 0.25) is 0 Å². The van der Waals surface area contributed by atoms with Crippen LogP contribution in [0.25, 0.3) is 0 Å². The Morgan fingerprint density at radius 3 is 2.59 bits per heavy atom. The number of hydrogen-bond donors (Lipinski definition) is 0. The summed E-state index contributed by atoms with van der Waals surface area (Å²) < 4.78 is 0. The first-order valence-electron chi connectivity index (χ1n) is 8.39. The molecule has 1 saturated heterocycles. The largest absolute Gasteiger partial charge is 0.337 e. The number of rotatable bonds is 5. The third kappa shape index (κ3) is 4.54. The molecule has 122 valence electrons. The summed E-state index contributed by atoms with van der Waals surface area (Å²) >= 11 is 0. The van der Waals surface area contributed by atoms with Gasteiger partial charge in [-0.3, -0.25) is 9.78 Å². The van der Waals surface area contributed by atoms with Gasteiger partial charge in [0.25, 0.3) is 5.91 Å². The minimum atomic E-state index is 0.0423. The molecule has 1 aromatic rings. The van der Waals surface area contributed by atoms with Gasteiger partial charge in [0, 0.05) is 32.4 Å². The van der Waals surface area contributed by atoms with E-state index in [0.29, 0.717) is 11.7 Å². The molecule has 1 amide bonds. The molecule has 0 unspecified atom stereocenters. The average Bonchev–Trinajstić information content (AvgIpc) is 2.53. The van der Waals surface area contributed by atoms with Crippen LogP contribution in [0.1, 0.15) is 49.2 Å². The van der Waals surface area contributed by atoms with Gasteiger partial charge in [0.05, 0.1) is 0 Å². The Hall–Kier alpha value is -1.42. The fourth-order valence-electron chi connectivity index (χ4n) is 2.91. The molecule has 1 aliphatic heterocycles. The Morgan fingerprint density at radius 1 is 1.36 bits per heavy atom. The number of nitrogens with zero attached hydrogens (tertiary/aromatic N) is 3. The van der Waals surface area contributed by atoms with E-state index < -0.39 is 0 Å². The third-order valence-electron chi connectivity index (χ3n) is 4.58. The number of piperidine rings is 1. The molecule has 0 atom stereocenters. The summed E-state index contributed by atoms with van der Waals surface area (Å²) in [6, 6.07) is 4.11. The number of carbonyl (C=O) groups excluding carboxylic acids is 1. The first-order chi connectivity index (χ1) is 10.5. The van der Waals surface area contributed by atoms with Crippen LogP contribution >= 0.6 is 0 Å². The third-order valence-corrected chi connectivity index (χ3v) is 4.58. The molecule has 0 N–H and O–H groups in total. The molecular formula is C18H29N3O. The van der Waals surface area contributed by atoms with E-state index in [0.717, 1.165) is 37.4 Å². The summed E-state index contributed by atoms with van der Waals surface area (Å²) in [4.78, 5) is 21.2. The highest BCUT2D eigenvalue weighted by molar-refractivity contribution is 5.92. The van der Waals surface area contributed by atoms with E-state index in [-0.39, 0.29) is 5.91 Å². The van der Waals surface area contributed by atoms with Gasteiger partial charge in [0.1, 0.15) is 5.69 Å². The highest BCUT2D eigenvalue weighted by Crippen LogP contribution is 2.18. The molecular weight excluding hydrogens is 274 g/mol. The molecule has 22 heavy (non-hydrogen) atoms. The molecule has 1 aromatic heterocycles. The Bertz CT molecular complexity index is 476. The monoisotopic (exact) mass is 303 g/mol. The van der Waals surface area contributed by atoms with Gasteiger partial charge in [-0.25, -0.2) is 0 Å². The van der Waals surface area contributed by atoms with E-state index in [2.05, 4.69) is 23.7 Å². The summed E-state index contributed by atoms with van der Waals surface area (Å²) in [7, 11) is 1.91. The van der Waals surface area contributed by atoms with Crippen molar-refractivity contribution in [1.29, 1.82) is 0 Å². The molecule has 0 bridgehead atoms. The minimum absolute atomic E-state index is 0.0423. The maximum absolute atomic E-state index is 12.5. The van der Waals surface area contributed by atoms with Gasteiger partial charge in [-0.05, 0) is 50.3 Å². The summed E-state index contributed by atoms with van der Waals surface area (Å²) in [6.45, 7) is 9.90. The van der Waals surface area contributed by atoms with Gasteiger partial charge in [-0.15, -0.1) is 0 Å². The van der Waals surface area contributed by atoms with Crippen LogP contribution in [0, 0.1) is 12.8 Å². The predicted molar refractivity (Wildman–Crippen MR) is 90.0 cm³/mol. The first-order valence-corrected chi connectivity index (χ1v) is 8.39. The van der Waals surface area contributed by atoms with Crippen LogP contribution in [0.3, 0.4) is 0 Å². The zero-order valence-corrected chi connectivity index (χ0v) is 14.4. The van der Waals surface area contributed by atoms with Crippen LogP contribution in [0.5, 0.6) is 0 Å². The second kappa shape index (κ2) is 7.73. The lowest BCUT2D eigenvalue weighted by Crippen LogP contribution is -2.46. The van der Waals surface area contributed by atoms with Crippen molar-refractivity contribution in [2.75, 3.05) is 26.7 Å². The number of carbonyl (C=O) groups is 1. The quantitative estimate of drug-likeness (QED) is 0.839. The maximum Gasteiger partial charge on any atom is 0.272 e. The van der Waals surface area contributed by atoms with Gasteiger partial charge in [0.15, 0.2) is 0 Å². The SMILES string of the molecule is Cc1ccc(C(=O)N(C)C2CCN(CCC(C)C)CC2)nc1. The molecule has 1 aliphatic rings. The van der Waals surface area contributed by atoms with Crippen LogP contribution in [-0.4, -0.2) is 53.4 Å². The van der Waals surface area contributed by atoms with Gasteiger partial charge in [0.2, 0.25) is 0 Å². The Kier molecular flexibility index (Phi) is 5.95. The van der Waals surface area contributed by atoms with Gasteiger partial charge < -0.3 is 9.80 Å². The summed E-state index contributed by atoms with van der Waals surface area (Å²) in [5.74, 6) is 0.801. The highest BCUT2D eigenvalue weighted by Gasteiger charge is 2.26. The lowest BCUT2D eigenvalue weighted by atomic mass is 10.0. The van der Waals surface area contributed by atoms with Crippen molar-refractivity contribution in [2.24, 2.45) is 5.92 Å². The van der Waals surface area contributed by atoms with E-state index in [1.54, 1.807) is 6.20 Å². The molecule has 0 radical (unpaired) electrons. The van der Waals surface area contributed by atoms with Crippen molar-refractivity contribution < 1.29 is 4.79 Å². The fraction of sp³-hybridized carbons (Fsp3) is 0.667. The van der Waals surface area contributed by atoms with Gasteiger partial charge in [-0.2, -0.15) is 0 Å². The van der Waals surface area contributed by atoms with Gasteiger partial charge >= 0.3 is 0 Å². The average molecular weight is 303 g/mol. The van der Waals surface area contributed by atoms with E-state index in [1.807, 2.05) is 31.0 Å². The summed E-state index contributed by atoms with van der Waals surface area (Å²) in [5, 5.41) is 0. The van der Waals surface area contributed by atoms with Crippen molar-refractivity contribution in [3.8, 4) is 0 Å². The standard InChI is InChI=1S/C18H29N3O/c1-14(2)7-10-21-11-8-16(9-12-21)20(4)18(22)17-6-5-15(3)13-19-17/h5-6,13-14,16H,7-12H2,1-4H3. The molecule has 4 heteroatoms. The number of hydrogen-bond acceptors (Lipinski definition) is 3. The van der Waals surface area contributed by atoms with Crippen LogP contribution in [-0.2, 0) is 0 Å². The number of aromatic nitrogens is 1. The number of aryl methyl sites for hydroxylation is 1. The van der Waals surface area contributed by atoms with Crippen molar-refractivity contribution in [1.82, 2.24) is 14.8 Å². The Balaban J connectivity index is 1.85. The van der Waals surface area contributed by atoms with Crippen molar-refractivity contribution in [3.63, 3.8) is 0 Å².